The van der Waals surface area contributed by atoms with Gasteiger partial charge in [0.15, 0.2) is 5.82 Å². The lowest BCUT2D eigenvalue weighted by Crippen LogP contribution is -2.34. The summed E-state index contributed by atoms with van der Waals surface area (Å²) in [5.41, 5.74) is -0.0906. The van der Waals surface area contributed by atoms with Crippen molar-refractivity contribution in [3.8, 4) is 0 Å². The molecule has 0 spiro atoms. The van der Waals surface area contributed by atoms with Gasteiger partial charge in [-0.25, -0.2) is 9.37 Å². The average Bonchev–Trinajstić information content (AvgIpc) is 2.62. The van der Waals surface area contributed by atoms with Crippen LogP contribution in [0, 0.1) is 17.2 Å². The minimum Gasteiger partial charge on any atom is -0.349 e. The van der Waals surface area contributed by atoms with Crippen LogP contribution in [0.2, 0.25) is 0 Å². The van der Waals surface area contributed by atoms with Gasteiger partial charge in [0.1, 0.15) is 0 Å². The number of aromatic nitrogens is 1. The summed E-state index contributed by atoms with van der Waals surface area (Å²) in [6.45, 7) is 4.26. The van der Waals surface area contributed by atoms with Gasteiger partial charge in [-0.05, 0) is 30.7 Å². The Balaban J connectivity index is 2.07. The van der Waals surface area contributed by atoms with Crippen LogP contribution in [0.1, 0.15) is 43.5 Å². The average molecular weight is 254 g/mol. The lowest BCUT2D eigenvalue weighted by atomic mass is 9.92. The van der Waals surface area contributed by atoms with Crippen LogP contribution in [-0.2, 0) is 0 Å². The first-order valence-electron chi connectivity index (χ1n) is 6.00. The molecule has 1 aromatic heterocycles. The van der Waals surface area contributed by atoms with Crippen molar-refractivity contribution in [1.82, 2.24) is 10.3 Å². The van der Waals surface area contributed by atoms with E-state index in [4.69, 9.17) is 0 Å². The molecule has 2 rings (SSSR count). The van der Waals surface area contributed by atoms with E-state index in [1.165, 1.54) is 6.07 Å². The summed E-state index contributed by atoms with van der Waals surface area (Å²) in [4.78, 5) is 15.0. The summed E-state index contributed by atoms with van der Waals surface area (Å²) in [6, 6.07) is 1.22. The molecule has 3 nitrogen and oxygen atoms in total. The van der Waals surface area contributed by atoms with Crippen LogP contribution in [0.3, 0.4) is 0 Å². The predicted octanol–water partition coefficient (Wildman–Crippen LogP) is 2.67. The van der Waals surface area contributed by atoms with E-state index in [9.17, 15) is 13.6 Å². The number of pyridine rings is 1. The second-order valence-corrected chi connectivity index (χ2v) is 5.54. The van der Waals surface area contributed by atoms with Crippen LogP contribution < -0.4 is 5.32 Å². The fourth-order valence-electron chi connectivity index (χ4n) is 2.42. The van der Waals surface area contributed by atoms with E-state index in [1.807, 2.05) is 0 Å². The largest absolute Gasteiger partial charge is 0.349 e. The molecule has 1 aliphatic rings. The summed E-state index contributed by atoms with van der Waals surface area (Å²) in [5.74, 6) is -3.00. The zero-order valence-electron chi connectivity index (χ0n) is 10.5. The molecule has 0 bridgehead atoms. The van der Waals surface area contributed by atoms with Crippen LogP contribution in [0.4, 0.5) is 8.78 Å². The molecule has 0 aromatic carbocycles. The molecule has 0 aliphatic heterocycles. The quantitative estimate of drug-likeness (QED) is 0.824. The van der Waals surface area contributed by atoms with Gasteiger partial charge >= 0.3 is 0 Å². The molecule has 1 fully saturated rings. The zero-order valence-corrected chi connectivity index (χ0v) is 10.5. The lowest BCUT2D eigenvalue weighted by Gasteiger charge is -2.17. The molecule has 1 saturated carbocycles. The minimum absolute atomic E-state index is 0.0307. The van der Waals surface area contributed by atoms with Crippen LogP contribution in [0.15, 0.2) is 12.3 Å². The molecule has 18 heavy (non-hydrogen) atoms. The summed E-state index contributed by atoms with van der Waals surface area (Å²) >= 11 is 0. The predicted molar refractivity (Wildman–Crippen MR) is 63.0 cm³/mol. The van der Waals surface area contributed by atoms with Crippen molar-refractivity contribution < 1.29 is 13.6 Å². The molecule has 1 aliphatic carbocycles. The molecule has 5 heteroatoms. The van der Waals surface area contributed by atoms with E-state index in [0.29, 0.717) is 0 Å². The number of nitrogens with one attached hydrogen (secondary N) is 1. The molecule has 1 heterocycles. The maximum atomic E-state index is 13.4. The Labute approximate surface area is 105 Å². The van der Waals surface area contributed by atoms with Gasteiger partial charge in [0.25, 0.3) is 5.91 Å². The molecule has 1 unspecified atom stereocenters. The second-order valence-electron chi connectivity index (χ2n) is 5.54. The second kappa shape index (κ2) is 4.63. The van der Waals surface area contributed by atoms with Crippen molar-refractivity contribution in [1.29, 1.82) is 0 Å². The van der Waals surface area contributed by atoms with E-state index in [2.05, 4.69) is 24.1 Å². The standard InChI is InChI=1S/C13H16F2N2O/c1-13(2)5-3-8(7-13)17-12(18)9-4-6-16-11(15)10(9)14/h4,6,8H,3,5,7H2,1-2H3,(H,17,18). The normalized spacial score (nSPS) is 21.9. The van der Waals surface area contributed by atoms with E-state index < -0.39 is 17.7 Å². The third-order valence-corrected chi connectivity index (χ3v) is 3.40. The number of carbonyl (C=O) groups is 1. The summed E-state index contributed by atoms with van der Waals surface area (Å²) in [5, 5.41) is 2.75. The lowest BCUT2D eigenvalue weighted by molar-refractivity contribution is 0.0930. The Hall–Kier alpha value is -1.52. The Morgan fingerprint density at radius 1 is 1.50 bits per heavy atom. The fourth-order valence-corrected chi connectivity index (χ4v) is 2.42. The van der Waals surface area contributed by atoms with Gasteiger partial charge in [0.2, 0.25) is 5.95 Å². The van der Waals surface area contributed by atoms with Gasteiger partial charge < -0.3 is 5.32 Å². The molecule has 0 radical (unpaired) electrons. The maximum absolute atomic E-state index is 13.4. The number of hydrogen-bond acceptors (Lipinski definition) is 2. The van der Waals surface area contributed by atoms with E-state index in [-0.39, 0.29) is 17.0 Å². The number of nitrogens with zero attached hydrogens (tertiary/aromatic N) is 1. The Morgan fingerprint density at radius 2 is 2.22 bits per heavy atom. The fraction of sp³-hybridized carbons (Fsp3) is 0.538. The molecule has 98 valence electrons. The van der Waals surface area contributed by atoms with E-state index in [1.54, 1.807) is 0 Å². The molecule has 1 atom stereocenters. The molecule has 1 aromatic rings. The Morgan fingerprint density at radius 3 is 2.83 bits per heavy atom. The molecule has 1 amide bonds. The van der Waals surface area contributed by atoms with Crippen molar-refractivity contribution in [3.63, 3.8) is 0 Å². The number of amides is 1. The smallest absolute Gasteiger partial charge is 0.254 e. The molecular weight excluding hydrogens is 238 g/mol. The Kier molecular flexibility index (Phi) is 3.32. The number of hydrogen-bond donors (Lipinski definition) is 1. The SMILES string of the molecule is CC1(C)CCC(NC(=O)c2ccnc(F)c2F)C1. The highest BCUT2D eigenvalue weighted by Gasteiger charge is 2.32. The number of carbonyl (C=O) groups excluding carboxylic acids is 1. The van der Waals surface area contributed by atoms with Gasteiger partial charge in [-0.15, -0.1) is 0 Å². The first-order valence-corrected chi connectivity index (χ1v) is 6.00. The van der Waals surface area contributed by atoms with Gasteiger partial charge in [-0.1, -0.05) is 13.8 Å². The minimum atomic E-state index is -1.24. The van der Waals surface area contributed by atoms with Crippen LogP contribution in [-0.4, -0.2) is 16.9 Å². The monoisotopic (exact) mass is 254 g/mol. The van der Waals surface area contributed by atoms with Crippen LogP contribution in [0.25, 0.3) is 0 Å². The van der Waals surface area contributed by atoms with Gasteiger partial charge in [-0.2, -0.15) is 4.39 Å². The molecule has 0 saturated heterocycles. The summed E-state index contributed by atoms with van der Waals surface area (Å²) in [7, 11) is 0. The van der Waals surface area contributed by atoms with Gasteiger partial charge in [-0.3, -0.25) is 4.79 Å². The summed E-state index contributed by atoms with van der Waals surface area (Å²) in [6.07, 6.45) is 3.83. The number of halogens is 2. The maximum Gasteiger partial charge on any atom is 0.254 e. The number of rotatable bonds is 2. The summed E-state index contributed by atoms with van der Waals surface area (Å²) < 4.78 is 26.3. The van der Waals surface area contributed by atoms with Crippen LogP contribution >= 0.6 is 0 Å². The molecule has 1 N–H and O–H groups in total. The third kappa shape index (κ3) is 2.66. The van der Waals surface area contributed by atoms with Gasteiger partial charge in [0, 0.05) is 12.2 Å². The highest BCUT2D eigenvalue weighted by Crippen LogP contribution is 2.36. The third-order valence-electron chi connectivity index (χ3n) is 3.40. The van der Waals surface area contributed by atoms with Gasteiger partial charge in [0.05, 0.1) is 5.56 Å². The zero-order chi connectivity index (χ0) is 13.3. The van der Waals surface area contributed by atoms with Crippen molar-refractivity contribution in [2.24, 2.45) is 5.41 Å². The van der Waals surface area contributed by atoms with Crippen molar-refractivity contribution in [2.45, 2.75) is 39.2 Å². The van der Waals surface area contributed by atoms with Crippen LogP contribution in [0.5, 0.6) is 0 Å². The van der Waals surface area contributed by atoms with Crippen molar-refractivity contribution in [3.05, 3.63) is 29.6 Å². The highest BCUT2D eigenvalue weighted by atomic mass is 19.2. The van der Waals surface area contributed by atoms with Crippen molar-refractivity contribution in [2.75, 3.05) is 0 Å². The van der Waals surface area contributed by atoms with E-state index in [0.717, 1.165) is 25.5 Å². The topological polar surface area (TPSA) is 42.0 Å². The highest BCUT2D eigenvalue weighted by molar-refractivity contribution is 5.94. The van der Waals surface area contributed by atoms with Crippen molar-refractivity contribution >= 4 is 5.91 Å². The first kappa shape index (κ1) is 12.9. The first-order chi connectivity index (χ1) is 8.39. The Bertz CT molecular complexity index is 474. The van der Waals surface area contributed by atoms with E-state index >= 15 is 0 Å². The molecular formula is C13H16F2N2O.